The lowest BCUT2D eigenvalue weighted by Crippen LogP contribution is -2.38. The summed E-state index contributed by atoms with van der Waals surface area (Å²) in [6.45, 7) is 1.63. The summed E-state index contributed by atoms with van der Waals surface area (Å²) in [6, 6.07) is 11.8. The van der Waals surface area contributed by atoms with Crippen molar-refractivity contribution >= 4 is 16.7 Å². The van der Waals surface area contributed by atoms with E-state index in [-0.39, 0.29) is 17.0 Å². The molecule has 1 amide bonds. The molecular formula is C25H22FN5O2. The molecule has 0 spiro atoms. The molecule has 2 aromatic carbocycles. The lowest BCUT2D eigenvalue weighted by molar-refractivity contribution is 0.0705. The molecule has 2 aromatic heterocycles. The van der Waals surface area contributed by atoms with Gasteiger partial charge in [0.2, 0.25) is 0 Å². The summed E-state index contributed by atoms with van der Waals surface area (Å²) in [6.07, 6.45) is 4.56. The molecule has 1 N–H and O–H groups in total. The maximum Gasteiger partial charge on any atom is 0.272 e. The van der Waals surface area contributed by atoms with Crippen LogP contribution in [0.4, 0.5) is 4.39 Å². The second-order valence-electron chi connectivity index (χ2n) is 8.80. The number of aromatic nitrogens is 4. The van der Waals surface area contributed by atoms with Crippen molar-refractivity contribution in [1.29, 1.82) is 0 Å². The van der Waals surface area contributed by atoms with Crippen molar-refractivity contribution < 1.29 is 9.18 Å². The Kier molecular flexibility index (Phi) is 4.60. The first-order valence-corrected chi connectivity index (χ1v) is 11.2. The van der Waals surface area contributed by atoms with E-state index in [2.05, 4.69) is 19.7 Å². The van der Waals surface area contributed by atoms with Gasteiger partial charge in [-0.15, -0.1) is 0 Å². The normalized spacial score (nSPS) is 15.6. The molecule has 2 aliphatic rings. The zero-order valence-electron chi connectivity index (χ0n) is 17.9. The molecule has 8 heteroatoms. The summed E-state index contributed by atoms with van der Waals surface area (Å²) < 4.78 is 16.9. The van der Waals surface area contributed by atoms with Gasteiger partial charge in [-0.05, 0) is 36.6 Å². The zero-order valence-corrected chi connectivity index (χ0v) is 17.9. The molecule has 0 saturated heterocycles. The topological polar surface area (TPSA) is 83.9 Å². The highest BCUT2D eigenvalue weighted by molar-refractivity contribution is 5.94. The van der Waals surface area contributed by atoms with E-state index < -0.39 is 5.82 Å². The number of fused-ring (bicyclic) bond motifs is 2. The predicted octanol–water partition coefficient (Wildman–Crippen LogP) is 3.38. The van der Waals surface area contributed by atoms with E-state index in [9.17, 15) is 14.0 Å². The molecule has 0 atom stereocenters. The third-order valence-electron chi connectivity index (χ3n) is 6.55. The Balaban J connectivity index is 1.27. The predicted molar refractivity (Wildman–Crippen MR) is 121 cm³/mol. The maximum absolute atomic E-state index is 14.7. The molecule has 4 aromatic rings. The number of carbonyl (C=O) groups is 1. The molecule has 0 bridgehead atoms. The molecular weight excluding hydrogens is 421 g/mol. The van der Waals surface area contributed by atoms with Gasteiger partial charge in [-0.3, -0.25) is 9.59 Å². The van der Waals surface area contributed by atoms with E-state index in [0.717, 1.165) is 22.5 Å². The number of aromatic amines is 1. The van der Waals surface area contributed by atoms with Crippen molar-refractivity contribution in [1.82, 2.24) is 24.6 Å². The second kappa shape index (κ2) is 7.65. The van der Waals surface area contributed by atoms with Crippen LogP contribution in [0.25, 0.3) is 10.8 Å². The van der Waals surface area contributed by atoms with Crippen LogP contribution in [0.15, 0.2) is 53.5 Å². The SMILES string of the molecule is O=C(c1cc(Cc2n[nH]c(=O)c3ccccc23)ccc1F)N1CCn2c(cnc2C2CC2)C1. The molecule has 1 aliphatic carbocycles. The first-order valence-electron chi connectivity index (χ1n) is 11.2. The van der Waals surface area contributed by atoms with Gasteiger partial charge < -0.3 is 9.47 Å². The highest BCUT2D eigenvalue weighted by Gasteiger charge is 2.32. The minimum absolute atomic E-state index is 0.0524. The number of hydrogen-bond donors (Lipinski definition) is 1. The molecule has 3 heterocycles. The number of nitrogens with one attached hydrogen (secondary N) is 1. The molecule has 166 valence electrons. The highest BCUT2D eigenvalue weighted by Crippen LogP contribution is 2.40. The molecule has 1 aliphatic heterocycles. The number of H-pyrrole nitrogens is 1. The summed E-state index contributed by atoms with van der Waals surface area (Å²) in [5.74, 6) is 0.800. The van der Waals surface area contributed by atoms with Crippen LogP contribution in [0.1, 0.15) is 51.9 Å². The van der Waals surface area contributed by atoms with Crippen LogP contribution < -0.4 is 5.56 Å². The minimum atomic E-state index is -0.541. The van der Waals surface area contributed by atoms with E-state index in [1.54, 1.807) is 29.2 Å². The Morgan fingerprint density at radius 2 is 1.94 bits per heavy atom. The number of halogens is 1. The monoisotopic (exact) mass is 443 g/mol. The third-order valence-corrected chi connectivity index (χ3v) is 6.55. The molecule has 1 saturated carbocycles. The number of benzene rings is 2. The number of nitrogens with zero attached hydrogens (tertiary/aromatic N) is 4. The number of amides is 1. The third kappa shape index (κ3) is 3.51. The van der Waals surface area contributed by atoms with Gasteiger partial charge in [0.05, 0.1) is 35.1 Å². The quantitative estimate of drug-likeness (QED) is 0.524. The molecule has 0 radical (unpaired) electrons. The van der Waals surface area contributed by atoms with Crippen molar-refractivity contribution in [2.75, 3.05) is 6.54 Å². The van der Waals surface area contributed by atoms with E-state index >= 15 is 0 Å². The first-order chi connectivity index (χ1) is 16.1. The van der Waals surface area contributed by atoms with Gasteiger partial charge in [0.1, 0.15) is 11.6 Å². The smallest absolute Gasteiger partial charge is 0.272 e. The molecule has 0 unspecified atom stereocenters. The Morgan fingerprint density at radius 3 is 2.76 bits per heavy atom. The molecule has 33 heavy (non-hydrogen) atoms. The van der Waals surface area contributed by atoms with Crippen molar-refractivity contribution in [3.8, 4) is 0 Å². The first kappa shape index (κ1) is 19.8. The number of hydrogen-bond acceptors (Lipinski definition) is 4. The summed E-state index contributed by atoms with van der Waals surface area (Å²) in [5, 5.41) is 8.02. The van der Waals surface area contributed by atoms with E-state index in [1.807, 2.05) is 18.3 Å². The fraction of sp³-hybridized carbons (Fsp3) is 0.280. The summed E-state index contributed by atoms with van der Waals surface area (Å²) in [4.78, 5) is 31.5. The Morgan fingerprint density at radius 1 is 1.12 bits per heavy atom. The minimum Gasteiger partial charge on any atom is -0.331 e. The Hall–Kier alpha value is -3.81. The van der Waals surface area contributed by atoms with Gasteiger partial charge in [-0.2, -0.15) is 5.10 Å². The number of imidazole rings is 1. The lowest BCUT2D eigenvalue weighted by atomic mass is 10.0. The standard InChI is InChI=1S/C25H22FN5O2/c26-21-8-5-15(12-22-18-3-1-2-4-19(18)24(32)29-28-22)11-20(21)25(33)30-9-10-31-17(14-30)13-27-23(31)16-6-7-16/h1-5,8,11,13,16H,6-7,9-10,12,14H2,(H,29,32). The second-order valence-corrected chi connectivity index (χ2v) is 8.80. The van der Waals surface area contributed by atoms with Gasteiger partial charge in [-0.25, -0.2) is 14.5 Å². The maximum atomic E-state index is 14.7. The van der Waals surface area contributed by atoms with Crippen LogP contribution >= 0.6 is 0 Å². The van der Waals surface area contributed by atoms with Gasteiger partial charge in [0.15, 0.2) is 0 Å². The zero-order chi connectivity index (χ0) is 22.5. The lowest BCUT2D eigenvalue weighted by Gasteiger charge is -2.29. The van der Waals surface area contributed by atoms with Crippen LogP contribution in [0.5, 0.6) is 0 Å². The highest BCUT2D eigenvalue weighted by atomic mass is 19.1. The van der Waals surface area contributed by atoms with E-state index in [0.29, 0.717) is 43.1 Å². The van der Waals surface area contributed by atoms with Crippen LogP contribution in [-0.4, -0.2) is 37.1 Å². The molecule has 1 fully saturated rings. The van der Waals surface area contributed by atoms with Crippen LogP contribution in [0.3, 0.4) is 0 Å². The molecule has 7 nitrogen and oxygen atoms in total. The Labute approximate surface area is 188 Å². The van der Waals surface area contributed by atoms with Crippen molar-refractivity contribution in [3.05, 3.63) is 93.2 Å². The summed E-state index contributed by atoms with van der Waals surface area (Å²) >= 11 is 0. The van der Waals surface area contributed by atoms with Gasteiger partial charge in [0.25, 0.3) is 11.5 Å². The Bertz CT molecular complexity index is 1450. The van der Waals surface area contributed by atoms with Gasteiger partial charge in [-0.1, -0.05) is 24.3 Å². The van der Waals surface area contributed by atoms with Crippen LogP contribution in [0.2, 0.25) is 0 Å². The van der Waals surface area contributed by atoms with Crippen molar-refractivity contribution in [3.63, 3.8) is 0 Å². The van der Waals surface area contributed by atoms with Crippen LogP contribution in [0, 0.1) is 5.82 Å². The van der Waals surface area contributed by atoms with E-state index in [4.69, 9.17) is 0 Å². The average Bonchev–Trinajstić information content (AvgIpc) is 3.60. The van der Waals surface area contributed by atoms with Gasteiger partial charge in [0, 0.05) is 30.8 Å². The molecule has 6 rings (SSSR count). The summed E-state index contributed by atoms with van der Waals surface area (Å²) in [5.41, 5.74) is 2.22. The largest absolute Gasteiger partial charge is 0.331 e. The average molecular weight is 443 g/mol. The van der Waals surface area contributed by atoms with Crippen molar-refractivity contribution in [2.24, 2.45) is 0 Å². The van der Waals surface area contributed by atoms with Crippen molar-refractivity contribution in [2.45, 2.75) is 38.3 Å². The number of carbonyl (C=O) groups excluding carboxylic acids is 1. The fourth-order valence-electron chi connectivity index (χ4n) is 4.66. The number of rotatable bonds is 4. The van der Waals surface area contributed by atoms with Gasteiger partial charge >= 0.3 is 0 Å². The summed E-state index contributed by atoms with van der Waals surface area (Å²) in [7, 11) is 0. The van der Waals surface area contributed by atoms with Crippen LogP contribution in [-0.2, 0) is 19.5 Å². The van der Waals surface area contributed by atoms with E-state index in [1.165, 1.54) is 18.9 Å². The fourth-order valence-corrected chi connectivity index (χ4v) is 4.66.